The zero-order valence-electron chi connectivity index (χ0n) is 20.6. The number of aromatic amines is 1. The van der Waals surface area contributed by atoms with Crippen LogP contribution in [0.5, 0.6) is 0 Å². The van der Waals surface area contributed by atoms with Crippen molar-refractivity contribution in [1.29, 1.82) is 0 Å². The van der Waals surface area contributed by atoms with Crippen LogP contribution in [0.2, 0.25) is 5.02 Å². The molecule has 1 atom stereocenters. The lowest BCUT2D eigenvalue weighted by atomic mass is 10.1. The van der Waals surface area contributed by atoms with Crippen molar-refractivity contribution in [2.75, 3.05) is 36.2 Å². The maximum absolute atomic E-state index is 12.9. The Labute approximate surface area is 220 Å². The number of halogens is 1. The molecule has 6 rings (SSSR count). The van der Waals surface area contributed by atoms with E-state index in [-0.39, 0.29) is 11.9 Å². The number of ether oxygens (including phenoxy) is 1. The third kappa shape index (κ3) is 4.62. The highest BCUT2D eigenvalue weighted by atomic mass is 35.5. The minimum atomic E-state index is -0.360. The Morgan fingerprint density at radius 1 is 1.00 bits per heavy atom. The van der Waals surface area contributed by atoms with E-state index in [1.54, 1.807) is 6.92 Å². The van der Waals surface area contributed by atoms with Crippen molar-refractivity contribution in [3.63, 3.8) is 0 Å². The van der Waals surface area contributed by atoms with Crippen LogP contribution in [0.25, 0.3) is 10.9 Å². The first-order valence-electron chi connectivity index (χ1n) is 12.5. The lowest BCUT2D eigenvalue weighted by Gasteiger charge is -2.32. The highest BCUT2D eigenvalue weighted by Gasteiger charge is 2.40. The molecule has 0 spiro atoms. The van der Waals surface area contributed by atoms with E-state index in [0.717, 1.165) is 60.7 Å². The molecule has 8 heteroatoms. The number of morpholine rings is 1. The number of hydrogen-bond donors (Lipinski definition) is 1. The molecule has 188 valence electrons. The van der Waals surface area contributed by atoms with Crippen LogP contribution in [-0.4, -0.2) is 47.8 Å². The smallest absolute Gasteiger partial charge is 0.198 e. The van der Waals surface area contributed by atoms with Gasteiger partial charge in [-0.05, 0) is 48.0 Å². The second kappa shape index (κ2) is 10.0. The van der Waals surface area contributed by atoms with Gasteiger partial charge in [-0.1, -0.05) is 41.9 Å². The van der Waals surface area contributed by atoms with Crippen LogP contribution in [0.1, 0.15) is 24.2 Å². The minimum Gasteiger partial charge on any atom is -0.379 e. The summed E-state index contributed by atoms with van der Waals surface area (Å²) >= 11 is 6.19. The van der Waals surface area contributed by atoms with Crippen molar-refractivity contribution in [3.05, 3.63) is 95.1 Å². The standard InChI is InChI=1S/C29H28ClN5O2/c1-20(36)28-32-35(24-12-8-22(30)9-13-24)29(26-18-31-27-5-3-2-4-25(26)27)34(28)23-10-6-21(7-11-23)19-33-14-16-37-17-15-33/h2-13,18,29,31H,14-17,19H2,1H3. The summed E-state index contributed by atoms with van der Waals surface area (Å²) in [4.78, 5) is 20.7. The lowest BCUT2D eigenvalue weighted by molar-refractivity contribution is -0.111. The van der Waals surface area contributed by atoms with Gasteiger partial charge in [-0.15, -0.1) is 5.10 Å². The largest absolute Gasteiger partial charge is 0.379 e. The summed E-state index contributed by atoms with van der Waals surface area (Å²) in [6, 6.07) is 24.2. The number of fused-ring (bicyclic) bond motifs is 1. The fourth-order valence-electron chi connectivity index (χ4n) is 5.08. The first-order valence-corrected chi connectivity index (χ1v) is 12.8. The van der Waals surface area contributed by atoms with Crippen molar-refractivity contribution >= 4 is 45.5 Å². The summed E-state index contributed by atoms with van der Waals surface area (Å²) in [5.41, 5.74) is 5.05. The predicted octanol–water partition coefficient (Wildman–Crippen LogP) is 5.58. The number of nitrogens with zero attached hydrogens (tertiary/aromatic N) is 4. The minimum absolute atomic E-state index is 0.0984. The predicted molar refractivity (Wildman–Crippen MR) is 148 cm³/mol. The molecule has 7 nitrogen and oxygen atoms in total. The molecule has 0 aliphatic carbocycles. The van der Waals surface area contributed by atoms with E-state index in [2.05, 4.69) is 46.3 Å². The van der Waals surface area contributed by atoms with Gasteiger partial charge in [0.05, 0.1) is 18.9 Å². The Hall–Kier alpha value is -3.65. The van der Waals surface area contributed by atoms with Crippen LogP contribution in [-0.2, 0) is 16.1 Å². The number of rotatable bonds is 6. The third-order valence-electron chi connectivity index (χ3n) is 6.94. The number of aromatic nitrogens is 1. The van der Waals surface area contributed by atoms with Gasteiger partial charge in [0.2, 0.25) is 0 Å². The van der Waals surface area contributed by atoms with Gasteiger partial charge in [-0.25, -0.2) is 5.01 Å². The molecular weight excluding hydrogens is 486 g/mol. The Morgan fingerprint density at radius 3 is 2.43 bits per heavy atom. The molecular formula is C29H28ClN5O2. The number of carbonyl (C=O) groups excluding carboxylic acids is 1. The molecule has 3 heterocycles. The fraction of sp³-hybridized carbons (Fsp3) is 0.241. The highest BCUT2D eigenvalue weighted by molar-refractivity contribution is 6.44. The average molecular weight is 514 g/mol. The molecule has 0 amide bonds. The molecule has 1 fully saturated rings. The molecule has 1 saturated heterocycles. The van der Waals surface area contributed by atoms with Crippen LogP contribution in [0, 0.1) is 0 Å². The second-order valence-electron chi connectivity index (χ2n) is 9.39. The Kier molecular flexibility index (Phi) is 6.42. The van der Waals surface area contributed by atoms with Crippen molar-refractivity contribution in [2.45, 2.75) is 19.6 Å². The molecule has 1 unspecified atom stereocenters. The van der Waals surface area contributed by atoms with Gasteiger partial charge in [0.1, 0.15) is 0 Å². The van der Waals surface area contributed by atoms with Crippen LogP contribution in [0.15, 0.2) is 84.1 Å². The van der Waals surface area contributed by atoms with E-state index in [4.69, 9.17) is 21.4 Å². The number of benzene rings is 3. The molecule has 1 N–H and O–H groups in total. The zero-order chi connectivity index (χ0) is 25.4. The van der Waals surface area contributed by atoms with E-state index >= 15 is 0 Å². The summed E-state index contributed by atoms with van der Waals surface area (Å²) in [6.45, 7) is 5.87. The SMILES string of the molecule is CC(=O)C1=NN(c2ccc(Cl)cc2)C(c2c[nH]c3ccccc23)N1c1ccc(CN2CCOCC2)cc1. The van der Waals surface area contributed by atoms with Crippen LogP contribution in [0.3, 0.4) is 0 Å². The zero-order valence-corrected chi connectivity index (χ0v) is 21.4. The maximum Gasteiger partial charge on any atom is 0.198 e. The van der Waals surface area contributed by atoms with Crippen molar-refractivity contribution in [3.8, 4) is 0 Å². The Bertz CT molecular complexity index is 1440. The number of anilines is 2. The summed E-state index contributed by atoms with van der Waals surface area (Å²) < 4.78 is 5.48. The molecule has 2 aliphatic heterocycles. The quantitative estimate of drug-likeness (QED) is 0.364. The van der Waals surface area contributed by atoms with E-state index in [1.165, 1.54) is 5.56 Å². The maximum atomic E-state index is 12.9. The van der Waals surface area contributed by atoms with Crippen molar-refractivity contribution in [1.82, 2.24) is 9.88 Å². The molecule has 37 heavy (non-hydrogen) atoms. The van der Waals surface area contributed by atoms with Crippen LogP contribution >= 0.6 is 11.6 Å². The second-order valence-corrected chi connectivity index (χ2v) is 9.83. The summed E-state index contributed by atoms with van der Waals surface area (Å²) in [5, 5.41) is 8.49. The molecule has 0 bridgehead atoms. The van der Waals surface area contributed by atoms with Gasteiger partial charge in [0, 0.05) is 59.9 Å². The average Bonchev–Trinajstić information content (AvgIpc) is 3.52. The molecule has 0 saturated carbocycles. The van der Waals surface area contributed by atoms with E-state index in [0.29, 0.717) is 10.9 Å². The van der Waals surface area contributed by atoms with Gasteiger partial charge in [-0.3, -0.25) is 14.6 Å². The number of hydrogen-bond acceptors (Lipinski definition) is 6. The number of nitrogens with one attached hydrogen (secondary N) is 1. The molecule has 4 aromatic rings. The monoisotopic (exact) mass is 513 g/mol. The number of hydrazone groups is 1. The number of ketones is 1. The molecule has 1 aromatic heterocycles. The van der Waals surface area contributed by atoms with Gasteiger partial charge in [0.15, 0.2) is 17.8 Å². The third-order valence-corrected chi connectivity index (χ3v) is 7.19. The highest BCUT2D eigenvalue weighted by Crippen LogP contribution is 2.41. The number of carbonyl (C=O) groups is 1. The molecule has 0 radical (unpaired) electrons. The van der Waals surface area contributed by atoms with Crippen molar-refractivity contribution in [2.24, 2.45) is 5.10 Å². The Morgan fingerprint density at radius 2 is 1.70 bits per heavy atom. The molecule has 3 aromatic carbocycles. The van der Waals surface area contributed by atoms with E-state index in [9.17, 15) is 4.79 Å². The van der Waals surface area contributed by atoms with Gasteiger partial charge in [0.25, 0.3) is 0 Å². The number of H-pyrrole nitrogens is 1. The summed E-state index contributed by atoms with van der Waals surface area (Å²) in [6.07, 6.45) is 1.65. The molecule has 2 aliphatic rings. The van der Waals surface area contributed by atoms with Crippen LogP contribution in [0.4, 0.5) is 11.4 Å². The fourth-order valence-corrected chi connectivity index (χ4v) is 5.21. The lowest BCUT2D eigenvalue weighted by Crippen LogP contribution is -2.38. The first kappa shape index (κ1) is 23.7. The summed E-state index contributed by atoms with van der Waals surface area (Å²) in [5.74, 6) is 0.296. The normalized spacial score (nSPS) is 18.4. The van der Waals surface area contributed by atoms with E-state index < -0.39 is 0 Å². The van der Waals surface area contributed by atoms with Gasteiger partial charge in [-0.2, -0.15) is 0 Å². The number of amidine groups is 1. The van der Waals surface area contributed by atoms with Gasteiger partial charge < -0.3 is 9.72 Å². The van der Waals surface area contributed by atoms with Crippen LogP contribution < -0.4 is 9.91 Å². The van der Waals surface area contributed by atoms with Crippen molar-refractivity contribution < 1.29 is 9.53 Å². The topological polar surface area (TPSA) is 64.2 Å². The Balaban J connectivity index is 1.42. The first-order chi connectivity index (χ1) is 18.1. The number of para-hydroxylation sites is 1. The number of Topliss-reactive ketones (excluding diaryl/α,β-unsaturated/α-hetero) is 1. The summed E-state index contributed by atoms with van der Waals surface area (Å²) in [7, 11) is 0. The van der Waals surface area contributed by atoms with Gasteiger partial charge >= 0.3 is 0 Å². The van der Waals surface area contributed by atoms with E-state index in [1.807, 2.05) is 52.5 Å².